The van der Waals surface area contributed by atoms with Gasteiger partial charge in [0.15, 0.2) is 0 Å². The molecular formula is C17H24N2O5. The lowest BCUT2D eigenvalue weighted by atomic mass is 10.1. The number of carboxylic acid groups (broad SMARTS) is 1. The van der Waals surface area contributed by atoms with E-state index in [1.807, 2.05) is 36.2 Å². The minimum atomic E-state index is -0.990. The molecule has 0 bridgehead atoms. The smallest absolute Gasteiger partial charge is 0.303 e. The molecule has 1 fully saturated rings. The molecular weight excluding hydrogens is 312 g/mol. The van der Waals surface area contributed by atoms with Gasteiger partial charge >= 0.3 is 5.97 Å². The minimum absolute atomic E-state index is 0.0308. The number of likely N-dealkylation sites (N-methyl/N-ethyl adjacent to an activating group) is 1. The van der Waals surface area contributed by atoms with E-state index in [9.17, 15) is 14.7 Å². The van der Waals surface area contributed by atoms with Crippen molar-refractivity contribution in [2.75, 3.05) is 27.2 Å². The molecule has 0 spiro atoms. The van der Waals surface area contributed by atoms with Crippen LogP contribution in [-0.2, 0) is 16.1 Å². The highest BCUT2D eigenvalue weighted by molar-refractivity contribution is 5.81. The first kappa shape index (κ1) is 18.2. The van der Waals surface area contributed by atoms with Crippen molar-refractivity contribution in [3.63, 3.8) is 0 Å². The number of rotatable bonds is 7. The molecule has 7 heteroatoms. The number of methoxy groups -OCH3 is 1. The van der Waals surface area contributed by atoms with Crippen LogP contribution in [0.3, 0.4) is 0 Å². The summed E-state index contributed by atoms with van der Waals surface area (Å²) in [5.74, 6) is -0.425. The molecule has 24 heavy (non-hydrogen) atoms. The van der Waals surface area contributed by atoms with Crippen LogP contribution >= 0.6 is 0 Å². The Kier molecular flexibility index (Phi) is 6.16. The van der Waals surface area contributed by atoms with Crippen LogP contribution in [0.25, 0.3) is 0 Å². The highest BCUT2D eigenvalue weighted by atomic mass is 16.5. The number of hydrogen-bond donors (Lipinski definition) is 2. The Morgan fingerprint density at radius 2 is 1.92 bits per heavy atom. The fraction of sp³-hybridized carbons (Fsp3) is 0.529. The van der Waals surface area contributed by atoms with Crippen molar-refractivity contribution in [2.45, 2.75) is 31.5 Å². The number of aliphatic hydroxyl groups is 1. The zero-order valence-corrected chi connectivity index (χ0v) is 14.0. The highest BCUT2D eigenvalue weighted by Crippen LogP contribution is 2.19. The standard InChI is InChI=1S/C17H24N2O5/c1-18(9-12-3-5-13(24-2)6-4-12)14-10-19(11-15(14)20)16(21)7-8-17(22)23/h3-6,14-15,20H,7-11H2,1-2H3,(H,22,23)/t14-,15-/m1/s1. The van der Waals surface area contributed by atoms with Gasteiger partial charge in [0, 0.05) is 26.1 Å². The predicted octanol–water partition coefficient (Wildman–Crippen LogP) is 0.563. The quantitative estimate of drug-likeness (QED) is 0.756. The zero-order chi connectivity index (χ0) is 17.7. The van der Waals surface area contributed by atoms with Crippen LogP contribution in [0, 0.1) is 0 Å². The molecule has 132 valence electrons. The van der Waals surface area contributed by atoms with Crippen LogP contribution in [-0.4, -0.2) is 71.3 Å². The molecule has 7 nitrogen and oxygen atoms in total. The summed E-state index contributed by atoms with van der Waals surface area (Å²) >= 11 is 0. The number of carboxylic acids is 1. The van der Waals surface area contributed by atoms with Crippen LogP contribution < -0.4 is 4.74 Å². The Labute approximate surface area is 141 Å². The zero-order valence-electron chi connectivity index (χ0n) is 14.0. The number of amides is 1. The second-order valence-corrected chi connectivity index (χ2v) is 6.09. The second kappa shape index (κ2) is 8.12. The third kappa shape index (κ3) is 4.69. The average molecular weight is 336 g/mol. The van der Waals surface area contributed by atoms with E-state index in [1.54, 1.807) is 12.0 Å². The summed E-state index contributed by atoms with van der Waals surface area (Å²) < 4.78 is 5.13. The van der Waals surface area contributed by atoms with Crippen molar-refractivity contribution in [1.29, 1.82) is 0 Å². The van der Waals surface area contributed by atoms with Crippen molar-refractivity contribution in [3.05, 3.63) is 29.8 Å². The average Bonchev–Trinajstić information content (AvgIpc) is 2.95. The molecule has 1 aromatic carbocycles. The molecule has 2 N–H and O–H groups in total. The van der Waals surface area contributed by atoms with E-state index in [2.05, 4.69) is 0 Å². The Morgan fingerprint density at radius 3 is 2.50 bits per heavy atom. The van der Waals surface area contributed by atoms with Gasteiger partial charge in [-0.05, 0) is 24.7 Å². The van der Waals surface area contributed by atoms with Gasteiger partial charge in [-0.15, -0.1) is 0 Å². The third-order valence-corrected chi connectivity index (χ3v) is 4.32. The lowest BCUT2D eigenvalue weighted by Gasteiger charge is -2.26. The van der Waals surface area contributed by atoms with Crippen LogP contribution in [0.1, 0.15) is 18.4 Å². The number of hydrogen-bond acceptors (Lipinski definition) is 5. The van der Waals surface area contributed by atoms with Crippen LogP contribution in [0.15, 0.2) is 24.3 Å². The Balaban J connectivity index is 1.90. The van der Waals surface area contributed by atoms with Gasteiger partial charge in [0.05, 0.1) is 25.7 Å². The summed E-state index contributed by atoms with van der Waals surface area (Å²) in [7, 11) is 3.52. The molecule has 1 aliphatic heterocycles. The van der Waals surface area contributed by atoms with E-state index in [4.69, 9.17) is 9.84 Å². The first-order chi connectivity index (χ1) is 11.4. The maximum absolute atomic E-state index is 12.0. The number of carbonyl (C=O) groups is 2. The first-order valence-electron chi connectivity index (χ1n) is 7.91. The van der Waals surface area contributed by atoms with Gasteiger partial charge in [-0.3, -0.25) is 14.5 Å². The van der Waals surface area contributed by atoms with Gasteiger partial charge in [0.1, 0.15) is 5.75 Å². The second-order valence-electron chi connectivity index (χ2n) is 6.09. The van der Waals surface area contributed by atoms with Crippen molar-refractivity contribution in [2.24, 2.45) is 0 Å². The predicted molar refractivity (Wildman–Crippen MR) is 87.7 cm³/mol. The fourth-order valence-corrected chi connectivity index (χ4v) is 2.91. The van der Waals surface area contributed by atoms with Gasteiger partial charge in [0.2, 0.25) is 5.91 Å². The molecule has 2 atom stereocenters. The normalized spacial score (nSPS) is 20.4. The summed E-state index contributed by atoms with van der Waals surface area (Å²) in [6.45, 7) is 1.30. The molecule has 2 rings (SSSR count). The molecule has 0 aromatic heterocycles. The monoisotopic (exact) mass is 336 g/mol. The molecule has 1 amide bonds. The topological polar surface area (TPSA) is 90.3 Å². The van der Waals surface area contributed by atoms with Crippen LogP contribution in [0.2, 0.25) is 0 Å². The number of β-amino-alcohol motifs (C(OH)–C–C–N with tert-alkyl or cyclic N) is 1. The molecule has 0 saturated carbocycles. The number of nitrogens with zero attached hydrogens (tertiary/aromatic N) is 2. The molecule has 0 aliphatic carbocycles. The number of likely N-dealkylation sites (tertiary alicyclic amines) is 1. The Hall–Kier alpha value is -2.12. The number of benzene rings is 1. The molecule has 0 unspecified atom stereocenters. The molecule has 1 aromatic rings. The summed E-state index contributed by atoms with van der Waals surface area (Å²) in [6, 6.07) is 7.53. The molecule has 1 heterocycles. The van der Waals surface area contributed by atoms with E-state index < -0.39 is 12.1 Å². The van der Waals surface area contributed by atoms with Crippen molar-refractivity contribution in [1.82, 2.24) is 9.80 Å². The van der Waals surface area contributed by atoms with Gasteiger partial charge in [0.25, 0.3) is 0 Å². The van der Waals surface area contributed by atoms with Crippen molar-refractivity contribution >= 4 is 11.9 Å². The van der Waals surface area contributed by atoms with E-state index in [0.29, 0.717) is 13.1 Å². The molecule has 0 radical (unpaired) electrons. The largest absolute Gasteiger partial charge is 0.497 e. The number of aliphatic hydroxyl groups excluding tert-OH is 1. The third-order valence-electron chi connectivity index (χ3n) is 4.32. The van der Waals surface area contributed by atoms with Crippen molar-refractivity contribution < 1.29 is 24.5 Å². The van der Waals surface area contributed by atoms with Crippen molar-refractivity contribution in [3.8, 4) is 5.75 Å². The number of aliphatic carboxylic acids is 1. The van der Waals surface area contributed by atoms with E-state index in [-0.39, 0.29) is 31.3 Å². The molecule has 1 saturated heterocycles. The van der Waals surface area contributed by atoms with E-state index in [0.717, 1.165) is 11.3 Å². The summed E-state index contributed by atoms with van der Waals surface area (Å²) in [4.78, 5) is 26.1. The van der Waals surface area contributed by atoms with Crippen LogP contribution in [0.4, 0.5) is 0 Å². The van der Waals surface area contributed by atoms with Crippen LogP contribution in [0.5, 0.6) is 5.75 Å². The van der Waals surface area contributed by atoms with E-state index >= 15 is 0 Å². The maximum atomic E-state index is 12.0. The summed E-state index contributed by atoms with van der Waals surface area (Å²) in [5.41, 5.74) is 1.08. The Morgan fingerprint density at radius 1 is 1.25 bits per heavy atom. The molecule has 1 aliphatic rings. The summed E-state index contributed by atoms with van der Waals surface area (Å²) in [5, 5.41) is 18.9. The number of ether oxygens (including phenoxy) is 1. The van der Waals surface area contributed by atoms with Gasteiger partial charge in [-0.25, -0.2) is 0 Å². The fourth-order valence-electron chi connectivity index (χ4n) is 2.91. The van der Waals surface area contributed by atoms with Gasteiger partial charge < -0.3 is 19.8 Å². The lowest BCUT2D eigenvalue weighted by Crippen LogP contribution is -2.40. The number of carbonyl (C=O) groups excluding carboxylic acids is 1. The highest BCUT2D eigenvalue weighted by Gasteiger charge is 2.36. The lowest BCUT2D eigenvalue weighted by molar-refractivity contribution is -0.140. The SMILES string of the molecule is COc1ccc(CN(C)[C@@H]2CN(C(=O)CCC(=O)O)C[C@H]2O)cc1. The minimum Gasteiger partial charge on any atom is -0.497 e. The van der Waals surface area contributed by atoms with Gasteiger partial charge in [-0.2, -0.15) is 0 Å². The van der Waals surface area contributed by atoms with E-state index in [1.165, 1.54) is 0 Å². The Bertz CT molecular complexity index is 575. The first-order valence-corrected chi connectivity index (χ1v) is 7.91. The summed E-state index contributed by atoms with van der Waals surface area (Å²) in [6.07, 6.45) is -0.851. The van der Waals surface area contributed by atoms with Gasteiger partial charge in [-0.1, -0.05) is 12.1 Å². The maximum Gasteiger partial charge on any atom is 0.303 e.